The molecule has 0 radical (unpaired) electrons. The molecule has 1 aliphatic rings. The van der Waals surface area contributed by atoms with Crippen molar-refractivity contribution in [1.29, 1.82) is 0 Å². The van der Waals surface area contributed by atoms with Crippen LogP contribution in [0.4, 0.5) is 10.5 Å². The Bertz CT molecular complexity index is 784. The number of hydrogen-bond donors (Lipinski definition) is 0. The molecule has 1 fully saturated rings. The lowest BCUT2D eigenvalue weighted by molar-refractivity contribution is -0.113. The van der Waals surface area contributed by atoms with Crippen LogP contribution in [0.5, 0.6) is 0 Å². The van der Waals surface area contributed by atoms with Gasteiger partial charge < -0.3 is 0 Å². The number of thioether (sulfide) groups is 1. The summed E-state index contributed by atoms with van der Waals surface area (Å²) in [6, 6.07) is 14.5. The van der Waals surface area contributed by atoms with Gasteiger partial charge in [0.05, 0.1) is 10.6 Å². The van der Waals surface area contributed by atoms with Gasteiger partial charge in [0, 0.05) is 5.02 Å². The van der Waals surface area contributed by atoms with E-state index in [9.17, 15) is 9.59 Å². The predicted octanol–water partition coefficient (Wildman–Crippen LogP) is 4.89. The highest BCUT2D eigenvalue weighted by Crippen LogP contribution is 2.36. The van der Waals surface area contributed by atoms with E-state index in [2.05, 4.69) is 0 Å². The highest BCUT2D eigenvalue weighted by molar-refractivity contribution is 8.19. The number of anilines is 1. The van der Waals surface area contributed by atoms with Crippen molar-refractivity contribution in [1.82, 2.24) is 0 Å². The zero-order valence-corrected chi connectivity index (χ0v) is 13.3. The molecule has 0 atom stereocenters. The summed E-state index contributed by atoms with van der Waals surface area (Å²) in [4.78, 5) is 26.2. The first-order chi connectivity index (χ1) is 10.6. The fraction of sp³-hybridized carbons (Fsp3) is 0.0588. The minimum atomic E-state index is -0.321. The first kappa shape index (κ1) is 14.9. The molecule has 0 spiro atoms. The van der Waals surface area contributed by atoms with E-state index in [0.717, 1.165) is 22.9 Å². The Hall–Kier alpha value is -2.04. The molecular weight excluding hydrogens is 318 g/mol. The number of hydrogen-bond acceptors (Lipinski definition) is 3. The Morgan fingerprint density at radius 2 is 1.73 bits per heavy atom. The second-order valence-electron chi connectivity index (χ2n) is 4.87. The second kappa shape index (κ2) is 5.99. The molecule has 1 heterocycles. The third-order valence-corrected chi connectivity index (χ3v) is 4.49. The van der Waals surface area contributed by atoms with E-state index in [1.165, 1.54) is 4.90 Å². The highest BCUT2D eigenvalue weighted by Gasteiger charge is 2.36. The van der Waals surface area contributed by atoms with E-state index in [-0.39, 0.29) is 11.1 Å². The molecular formula is C17H12ClNO2S. The molecule has 0 N–H and O–H groups in total. The summed E-state index contributed by atoms with van der Waals surface area (Å²) in [7, 11) is 0. The van der Waals surface area contributed by atoms with Crippen molar-refractivity contribution in [2.24, 2.45) is 0 Å². The molecule has 0 aromatic heterocycles. The molecule has 2 amide bonds. The summed E-state index contributed by atoms with van der Waals surface area (Å²) in [6.45, 7) is 1.95. The third kappa shape index (κ3) is 2.80. The van der Waals surface area contributed by atoms with Crippen LogP contribution in [0, 0.1) is 6.92 Å². The van der Waals surface area contributed by atoms with Crippen LogP contribution in [-0.2, 0) is 4.79 Å². The number of carbonyl (C=O) groups excluding carboxylic acids is 2. The van der Waals surface area contributed by atoms with Gasteiger partial charge >= 0.3 is 0 Å². The maximum atomic E-state index is 12.5. The van der Waals surface area contributed by atoms with E-state index in [1.54, 1.807) is 24.3 Å². The highest BCUT2D eigenvalue weighted by atomic mass is 35.5. The molecule has 3 nitrogen and oxygen atoms in total. The Labute approximate surface area is 137 Å². The van der Waals surface area contributed by atoms with Crippen LogP contribution in [0.15, 0.2) is 53.4 Å². The molecule has 0 aliphatic carbocycles. The van der Waals surface area contributed by atoms with E-state index >= 15 is 0 Å². The number of imide groups is 1. The smallest absolute Gasteiger partial charge is 0.268 e. The van der Waals surface area contributed by atoms with Crippen molar-refractivity contribution in [2.45, 2.75) is 6.92 Å². The number of aryl methyl sites for hydroxylation is 1. The largest absolute Gasteiger partial charge is 0.298 e. The van der Waals surface area contributed by atoms with Crippen LogP contribution in [-0.4, -0.2) is 11.1 Å². The minimum absolute atomic E-state index is 0.299. The van der Waals surface area contributed by atoms with Crippen LogP contribution in [0.2, 0.25) is 5.02 Å². The van der Waals surface area contributed by atoms with E-state index in [4.69, 9.17) is 11.6 Å². The summed E-state index contributed by atoms with van der Waals surface area (Å²) < 4.78 is 0. The lowest BCUT2D eigenvalue weighted by Crippen LogP contribution is -2.27. The molecule has 5 heteroatoms. The number of rotatable bonds is 2. The second-order valence-corrected chi connectivity index (χ2v) is 6.27. The van der Waals surface area contributed by atoms with E-state index in [1.807, 2.05) is 37.3 Å². The quantitative estimate of drug-likeness (QED) is 0.736. The van der Waals surface area contributed by atoms with Crippen molar-refractivity contribution >= 4 is 46.3 Å². The topological polar surface area (TPSA) is 37.4 Å². The van der Waals surface area contributed by atoms with Crippen LogP contribution in [0.3, 0.4) is 0 Å². The van der Waals surface area contributed by atoms with Crippen LogP contribution < -0.4 is 4.90 Å². The summed E-state index contributed by atoms with van der Waals surface area (Å²) in [5.41, 5.74) is 2.37. The SMILES string of the molecule is Cc1ccc(N2C(=O)S/C(=C/c3ccccc3Cl)C2=O)cc1. The molecule has 0 bridgehead atoms. The van der Waals surface area contributed by atoms with Crippen LogP contribution >= 0.6 is 23.4 Å². The molecule has 22 heavy (non-hydrogen) atoms. The third-order valence-electron chi connectivity index (χ3n) is 3.28. The number of benzene rings is 2. The lowest BCUT2D eigenvalue weighted by atomic mass is 10.2. The Balaban J connectivity index is 1.95. The van der Waals surface area contributed by atoms with E-state index < -0.39 is 0 Å². The summed E-state index contributed by atoms with van der Waals surface area (Å²) in [5, 5.41) is 0.247. The first-order valence-corrected chi connectivity index (χ1v) is 7.85. The van der Waals surface area contributed by atoms with Gasteiger partial charge in [-0.15, -0.1) is 0 Å². The Morgan fingerprint density at radius 3 is 2.41 bits per heavy atom. The molecule has 1 saturated heterocycles. The van der Waals surface area contributed by atoms with Crippen molar-refractivity contribution < 1.29 is 9.59 Å². The minimum Gasteiger partial charge on any atom is -0.268 e. The van der Waals surface area contributed by atoms with Gasteiger partial charge in [0.25, 0.3) is 11.1 Å². The van der Waals surface area contributed by atoms with Crippen molar-refractivity contribution in [2.75, 3.05) is 4.90 Å². The van der Waals surface area contributed by atoms with Gasteiger partial charge in [-0.1, -0.05) is 47.5 Å². The van der Waals surface area contributed by atoms with Gasteiger partial charge in [0.2, 0.25) is 0 Å². The van der Waals surface area contributed by atoms with Crippen LogP contribution in [0.25, 0.3) is 6.08 Å². The van der Waals surface area contributed by atoms with Gasteiger partial charge in [-0.25, -0.2) is 4.90 Å². The molecule has 3 rings (SSSR count). The van der Waals surface area contributed by atoms with Gasteiger partial charge in [-0.05, 0) is 48.5 Å². The standard InChI is InChI=1S/C17H12ClNO2S/c1-11-6-8-13(9-7-11)19-16(20)15(22-17(19)21)10-12-4-2-3-5-14(12)18/h2-10H,1H3/b15-10+. The van der Waals surface area contributed by atoms with Gasteiger partial charge in [0.15, 0.2) is 0 Å². The zero-order valence-electron chi connectivity index (χ0n) is 11.7. The Kier molecular flexibility index (Phi) is 4.05. The monoisotopic (exact) mass is 329 g/mol. The number of halogens is 1. The molecule has 2 aromatic carbocycles. The van der Waals surface area contributed by atoms with E-state index in [0.29, 0.717) is 15.6 Å². The fourth-order valence-corrected chi connectivity index (χ4v) is 3.14. The average Bonchev–Trinajstić information content (AvgIpc) is 2.77. The zero-order chi connectivity index (χ0) is 15.7. The molecule has 0 unspecified atom stereocenters. The van der Waals surface area contributed by atoms with Gasteiger partial charge in [0.1, 0.15) is 0 Å². The van der Waals surface area contributed by atoms with Crippen molar-refractivity contribution in [3.8, 4) is 0 Å². The average molecular weight is 330 g/mol. The Morgan fingerprint density at radius 1 is 1.05 bits per heavy atom. The summed E-state index contributed by atoms with van der Waals surface area (Å²) in [5.74, 6) is -0.321. The summed E-state index contributed by atoms with van der Waals surface area (Å²) >= 11 is 7.02. The number of nitrogens with zero attached hydrogens (tertiary/aromatic N) is 1. The van der Waals surface area contributed by atoms with Gasteiger partial charge in [-0.2, -0.15) is 0 Å². The molecule has 2 aromatic rings. The molecule has 1 aliphatic heterocycles. The van der Waals surface area contributed by atoms with Crippen LogP contribution in [0.1, 0.15) is 11.1 Å². The maximum Gasteiger partial charge on any atom is 0.298 e. The normalized spacial score (nSPS) is 16.6. The number of carbonyl (C=O) groups is 2. The summed E-state index contributed by atoms with van der Waals surface area (Å²) in [6.07, 6.45) is 1.65. The fourth-order valence-electron chi connectivity index (χ4n) is 2.12. The molecule has 110 valence electrons. The van der Waals surface area contributed by atoms with Crippen molar-refractivity contribution in [3.05, 3.63) is 69.6 Å². The van der Waals surface area contributed by atoms with Crippen molar-refractivity contribution in [3.63, 3.8) is 0 Å². The first-order valence-electron chi connectivity index (χ1n) is 6.65. The van der Waals surface area contributed by atoms with Gasteiger partial charge in [-0.3, -0.25) is 9.59 Å². The predicted molar refractivity (Wildman–Crippen MR) is 91.1 cm³/mol. The molecule has 0 saturated carbocycles. The maximum absolute atomic E-state index is 12.5. The number of amides is 2. The lowest BCUT2D eigenvalue weighted by Gasteiger charge is -2.12.